The molecule has 0 amide bonds. The topological polar surface area (TPSA) is 3.24 Å². The van der Waals surface area contributed by atoms with Crippen molar-refractivity contribution in [3.8, 4) is 0 Å². The number of hydrogen-bond acceptors (Lipinski definition) is 1. The minimum absolute atomic E-state index is 0.802. The normalized spacial score (nSPS) is 42.3. The zero-order valence-electron chi connectivity index (χ0n) is 6.80. The minimum atomic E-state index is 0.802. The van der Waals surface area contributed by atoms with Crippen LogP contribution in [-0.2, 0) is 0 Å². The maximum absolute atomic E-state index is 2.71. The molecule has 2 heteroatoms. The summed E-state index contributed by atoms with van der Waals surface area (Å²) in [7, 11) is 1.24. The molecule has 0 spiro atoms. The summed E-state index contributed by atoms with van der Waals surface area (Å²) in [5.41, 5.74) is 0. The first kappa shape index (κ1) is 7.06. The van der Waals surface area contributed by atoms with E-state index in [0.717, 1.165) is 17.9 Å². The molecule has 3 aliphatic heterocycles. The maximum atomic E-state index is 2.71. The van der Waals surface area contributed by atoms with Crippen molar-refractivity contribution in [2.45, 2.75) is 44.6 Å². The highest BCUT2D eigenvalue weighted by Gasteiger charge is 2.42. The lowest BCUT2D eigenvalue weighted by Crippen LogP contribution is -2.59. The quantitative estimate of drug-likeness (QED) is 0.525. The first-order chi connectivity index (χ1) is 4.79. The first-order valence-corrected chi connectivity index (χ1v) is 5.58. The molecule has 1 nitrogen and oxygen atoms in total. The summed E-state index contributed by atoms with van der Waals surface area (Å²) in [6, 6.07) is 1.78. The molecular weight excluding hydrogens is 141 g/mol. The van der Waals surface area contributed by atoms with Crippen LogP contribution in [0.5, 0.6) is 0 Å². The van der Waals surface area contributed by atoms with Gasteiger partial charge in [-0.05, 0) is 32.9 Å². The van der Waals surface area contributed by atoms with E-state index in [9.17, 15) is 0 Å². The van der Waals surface area contributed by atoms with Crippen molar-refractivity contribution in [3.63, 3.8) is 0 Å². The van der Waals surface area contributed by atoms with Crippen molar-refractivity contribution in [2.75, 3.05) is 6.16 Å². The molecule has 0 saturated carbocycles. The molecule has 2 bridgehead atoms. The van der Waals surface area contributed by atoms with Crippen molar-refractivity contribution in [1.82, 2.24) is 4.90 Å². The molecule has 0 aromatic carbocycles. The number of fused-ring (bicyclic) bond motifs is 2. The SMILES string of the molecule is CC(C)N1C2CCPC1C2. The molecule has 3 unspecified atom stereocenters. The zero-order chi connectivity index (χ0) is 7.14. The van der Waals surface area contributed by atoms with Gasteiger partial charge in [-0.25, -0.2) is 0 Å². The molecule has 0 radical (unpaired) electrons. The van der Waals surface area contributed by atoms with Crippen LogP contribution in [0.2, 0.25) is 0 Å². The molecule has 3 atom stereocenters. The second-order valence-electron chi connectivity index (χ2n) is 3.69. The van der Waals surface area contributed by atoms with Gasteiger partial charge in [-0.1, -0.05) is 0 Å². The Bertz CT molecular complexity index is 121. The van der Waals surface area contributed by atoms with Crippen molar-refractivity contribution in [1.29, 1.82) is 0 Å². The minimum Gasteiger partial charge on any atom is -0.291 e. The molecule has 0 aromatic heterocycles. The van der Waals surface area contributed by atoms with E-state index in [1.165, 1.54) is 27.6 Å². The van der Waals surface area contributed by atoms with Crippen LogP contribution < -0.4 is 0 Å². The molecular formula is C8H16NP. The lowest BCUT2D eigenvalue weighted by atomic mass is 9.97. The number of nitrogens with zero attached hydrogens (tertiary/aromatic N) is 1. The van der Waals surface area contributed by atoms with Gasteiger partial charge < -0.3 is 0 Å². The lowest BCUT2D eigenvalue weighted by Gasteiger charge is -2.55. The van der Waals surface area contributed by atoms with Gasteiger partial charge in [0.25, 0.3) is 0 Å². The number of hydrogen-bond donors (Lipinski definition) is 0. The Morgan fingerprint density at radius 1 is 1.50 bits per heavy atom. The van der Waals surface area contributed by atoms with Crippen molar-refractivity contribution in [3.05, 3.63) is 0 Å². The third-order valence-electron chi connectivity index (χ3n) is 2.73. The van der Waals surface area contributed by atoms with Crippen LogP contribution >= 0.6 is 8.58 Å². The molecule has 3 rings (SSSR count). The second-order valence-corrected chi connectivity index (χ2v) is 5.26. The Balaban J connectivity index is 1.99. The van der Waals surface area contributed by atoms with Crippen LogP contribution in [0.3, 0.4) is 0 Å². The van der Waals surface area contributed by atoms with Gasteiger partial charge in [0, 0.05) is 17.9 Å². The predicted octanol–water partition coefficient (Wildman–Crippen LogP) is 1.88. The van der Waals surface area contributed by atoms with E-state index in [1.807, 2.05) is 0 Å². The van der Waals surface area contributed by atoms with E-state index in [0.29, 0.717) is 0 Å². The van der Waals surface area contributed by atoms with Crippen LogP contribution in [0, 0.1) is 0 Å². The van der Waals surface area contributed by atoms with Crippen LogP contribution in [0.25, 0.3) is 0 Å². The van der Waals surface area contributed by atoms with E-state index < -0.39 is 0 Å². The third kappa shape index (κ3) is 0.914. The summed E-state index contributed by atoms with van der Waals surface area (Å²) >= 11 is 0. The molecule has 3 heterocycles. The lowest BCUT2D eigenvalue weighted by molar-refractivity contribution is 0.0236. The highest BCUT2D eigenvalue weighted by atomic mass is 31.1. The summed E-state index contributed by atoms with van der Waals surface area (Å²) in [4.78, 5) is 2.71. The Kier molecular flexibility index (Phi) is 1.74. The predicted molar refractivity (Wildman–Crippen MR) is 47.0 cm³/mol. The summed E-state index contributed by atoms with van der Waals surface area (Å²) in [5, 5.41) is 0. The fourth-order valence-electron chi connectivity index (χ4n) is 2.27. The van der Waals surface area contributed by atoms with E-state index in [-0.39, 0.29) is 0 Å². The van der Waals surface area contributed by atoms with Gasteiger partial charge in [-0.2, -0.15) is 0 Å². The highest BCUT2D eigenvalue weighted by Crippen LogP contribution is 2.46. The monoisotopic (exact) mass is 157 g/mol. The highest BCUT2D eigenvalue weighted by molar-refractivity contribution is 7.39. The standard InChI is InChI=1S/C8H16NP/c1-6(2)9-7-3-4-10-8(9)5-7/h6-8,10H,3-5H2,1-2H3. The van der Waals surface area contributed by atoms with E-state index in [1.54, 1.807) is 0 Å². The molecule has 10 heavy (non-hydrogen) atoms. The van der Waals surface area contributed by atoms with Gasteiger partial charge in [-0.15, -0.1) is 8.58 Å². The van der Waals surface area contributed by atoms with Crippen molar-refractivity contribution < 1.29 is 0 Å². The van der Waals surface area contributed by atoms with E-state index in [2.05, 4.69) is 18.7 Å². The van der Waals surface area contributed by atoms with Gasteiger partial charge in [0.05, 0.1) is 0 Å². The molecule has 58 valence electrons. The fourth-order valence-corrected chi connectivity index (χ4v) is 4.26. The van der Waals surface area contributed by atoms with E-state index >= 15 is 0 Å². The summed E-state index contributed by atoms with van der Waals surface area (Å²) in [6.07, 6.45) is 4.50. The Morgan fingerprint density at radius 2 is 2.30 bits per heavy atom. The van der Waals surface area contributed by atoms with Crippen molar-refractivity contribution >= 4 is 8.58 Å². The molecule has 3 saturated heterocycles. The maximum Gasteiger partial charge on any atom is 0.0288 e. The summed E-state index contributed by atoms with van der Waals surface area (Å²) < 4.78 is 0. The van der Waals surface area contributed by atoms with Gasteiger partial charge in [0.2, 0.25) is 0 Å². The third-order valence-corrected chi connectivity index (χ3v) is 4.31. The number of rotatable bonds is 1. The Morgan fingerprint density at radius 3 is 2.60 bits per heavy atom. The van der Waals surface area contributed by atoms with Crippen LogP contribution in [0.15, 0.2) is 0 Å². The van der Waals surface area contributed by atoms with Gasteiger partial charge in [-0.3, -0.25) is 4.90 Å². The molecule has 3 fully saturated rings. The smallest absolute Gasteiger partial charge is 0.0288 e. The molecule has 0 aromatic rings. The van der Waals surface area contributed by atoms with Crippen LogP contribution in [0.1, 0.15) is 26.7 Å². The van der Waals surface area contributed by atoms with Gasteiger partial charge in [0.1, 0.15) is 0 Å². The average molecular weight is 157 g/mol. The molecule has 0 aliphatic carbocycles. The van der Waals surface area contributed by atoms with Crippen LogP contribution in [-0.4, -0.2) is 28.9 Å². The Hall–Kier alpha value is 0.390. The molecule has 3 aliphatic rings. The first-order valence-electron chi connectivity index (χ1n) is 4.30. The summed E-state index contributed by atoms with van der Waals surface area (Å²) in [6.45, 7) is 4.66. The largest absolute Gasteiger partial charge is 0.291 e. The van der Waals surface area contributed by atoms with Crippen molar-refractivity contribution in [2.24, 2.45) is 0 Å². The zero-order valence-corrected chi connectivity index (χ0v) is 7.80. The van der Waals surface area contributed by atoms with Gasteiger partial charge in [0.15, 0.2) is 0 Å². The van der Waals surface area contributed by atoms with E-state index in [4.69, 9.17) is 0 Å². The fraction of sp³-hybridized carbons (Fsp3) is 1.00. The second kappa shape index (κ2) is 2.46. The summed E-state index contributed by atoms with van der Waals surface area (Å²) in [5.74, 6) is 0.999. The molecule has 0 N–H and O–H groups in total. The van der Waals surface area contributed by atoms with Crippen LogP contribution in [0.4, 0.5) is 0 Å². The Labute approximate surface area is 65.0 Å². The average Bonchev–Trinajstić information content (AvgIpc) is 1.87. The van der Waals surface area contributed by atoms with Gasteiger partial charge >= 0.3 is 0 Å².